The first kappa shape index (κ1) is 13.7. The van der Waals surface area contributed by atoms with Crippen LogP contribution in [0.4, 0.5) is 11.4 Å². The number of anilines is 2. The minimum absolute atomic E-state index is 0.323. The Morgan fingerprint density at radius 1 is 1.10 bits per heavy atom. The number of nitrogens with zero attached hydrogens (tertiary/aromatic N) is 2. The summed E-state index contributed by atoms with van der Waals surface area (Å²) in [6.07, 6.45) is 0. The molecule has 4 nitrogen and oxygen atoms in total. The van der Waals surface area contributed by atoms with Crippen molar-refractivity contribution in [2.45, 2.75) is 0 Å². The zero-order chi connectivity index (χ0) is 14.5. The van der Waals surface area contributed by atoms with E-state index in [1.54, 1.807) is 36.4 Å². The average Bonchev–Trinajstić information content (AvgIpc) is 2.47. The zero-order valence-corrected chi connectivity index (χ0v) is 11.4. The standard InChI is InChI=1S/C15H10ClN3O/c1-20-14-7-2-4-10(8-17)15(14)19-13-6-3-5-12(16)11(13)9-18/h2-7,19H,1H3. The van der Waals surface area contributed by atoms with E-state index in [-0.39, 0.29) is 0 Å². The largest absolute Gasteiger partial charge is 0.495 e. The van der Waals surface area contributed by atoms with E-state index < -0.39 is 0 Å². The van der Waals surface area contributed by atoms with Crippen LogP contribution in [0.1, 0.15) is 11.1 Å². The summed E-state index contributed by atoms with van der Waals surface area (Å²) in [4.78, 5) is 0. The van der Waals surface area contributed by atoms with Crippen LogP contribution in [0.3, 0.4) is 0 Å². The number of methoxy groups -OCH3 is 1. The van der Waals surface area contributed by atoms with Crippen LogP contribution in [-0.2, 0) is 0 Å². The van der Waals surface area contributed by atoms with Crippen molar-refractivity contribution in [1.29, 1.82) is 10.5 Å². The van der Waals surface area contributed by atoms with E-state index in [9.17, 15) is 0 Å². The maximum Gasteiger partial charge on any atom is 0.143 e. The molecule has 0 aliphatic carbocycles. The average molecular weight is 284 g/mol. The molecule has 2 aromatic carbocycles. The molecular formula is C15H10ClN3O. The van der Waals surface area contributed by atoms with Crippen LogP contribution in [0.2, 0.25) is 5.02 Å². The lowest BCUT2D eigenvalue weighted by Crippen LogP contribution is -1.99. The fraction of sp³-hybridized carbons (Fsp3) is 0.0667. The molecule has 1 N–H and O–H groups in total. The summed E-state index contributed by atoms with van der Waals surface area (Å²) in [5, 5.41) is 21.7. The van der Waals surface area contributed by atoms with Gasteiger partial charge in [0.1, 0.15) is 17.9 Å². The van der Waals surface area contributed by atoms with Crippen LogP contribution in [0, 0.1) is 22.7 Å². The maximum absolute atomic E-state index is 9.16. The molecule has 0 heterocycles. The highest BCUT2D eigenvalue weighted by molar-refractivity contribution is 6.32. The van der Waals surface area contributed by atoms with Gasteiger partial charge < -0.3 is 10.1 Å². The van der Waals surface area contributed by atoms with Crippen molar-refractivity contribution in [3.05, 3.63) is 52.5 Å². The molecule has 0 spiro atoms. The topological polar surface area (TPSA) is 68.8 Å². The second kappa shape index (κ2) is 5.97. The molecular weight excluding hydrogens is 274 g/mol. The molecule has 5 heteroatoms. The van der Waals surface area contributed by atoms with Crippen LogP contribution in [-0.4, -0.2) is 7.11 Å². The van der Waals surface area contributed by atoms with Crippen molar-refractivity contribution >= 4 is 23.0 Å². The number of ether oxygens (including phenoxy) is 1. The lowest BCUT2D eigenvalue weighted by molar-refractivity contribution is 0.416. The van der Waals surface area contributed by atoms with Crippen molar-refractivity contribution in [3.8, 4) is 17.9 Å². The van der Waals surface area contributed by atoms with Crippen molar-refractivity contribution < 1.29 is 4.74 Å². The van der Waals surface area contributed by atoms with Crippen molar-refractivity contribution in [2.24, 2.45) is 0 Å². The molecule has 0 unspecified atom stereocenters. The highest BCUT2D eigenvalue weighted by Crippen LogP contribution is 2.33. The number of hydrogen-bond donors (Lipinski definition) is 1. The van der Waals surface area contributed by atoms with Crippen LogP contribution in [0.25, 0.3) is 0 Å². The van der Waals surface area contributed by atoms with E-state index in [2.05, 4.69) is 11.4 Å². The Hall–Kier alpha value is -2.69. The van der Waals surface area contributed by atoms with E-state index in [1.165, 1.54) is 7.11 Å². The second-order valence-corrected chi connectivity index (χ2v) is 4.30. The molecule has 0 amide bonds. The molecule has 0 aliphatic rings. The Morgan fingerprint density at radius 3 is 2.50 bits per heavy atom. The second-order valence-electron chi connectivity index (χ2n) is 3.89. The van der Waals surface area contributed by atoms with Gasteiger partial charge in [-0.05, 0) is 24.3 Å². The van der Waals surface area contributed by atoms with Crippen LogP contribution in [0.15, 0.2) is 36.4 Å². The van der Waals surface area contributed by atoms with Gasteiger partial charge in [-0.3, -0.25) is 0 Å². The number of para-hydroxylation sites is 1. The number of rotatable bonds is 3. The summed E-state index contributed by atoms with van der Waals surface area (Å²) >= 11 is 5.98. The van der Waals surface area contributed by atoms with Gasteiger partial charge in [-0.1, -0.05) is 23.7 Å². The zero-order valence-electron chi connectivity index (χ0n) is 10.6. The predicted molar refractivity (Wildman–Crippen MR) is 77.2 cm³/mol. The molecule has 0 aromatic heterocycles. The molecule has 98 valence electrons. The summed E-state index contributed by atoms with van der Waals surface area (Å²) in [6.45, 7) is 0. The molecule has 0 saturated carbocycles. The summed E-state index contributed by atoms with van der Waals surface area (Å²) in [5.41, 5.74) is 1.79. The third-order valence-electron chi connectivity index (χ3n) is 2.75. The van der Waals surface area contributed by atoms with Gasteiger partial charge >= 0.3 is 0 Å². The summed E-state index contributed by atoms with van der Waals surface area (Å²) in [5.74, 6) is 0.521. The minimum atomic E-state index is 0.323. The highest BCUT2D eigenvalue weighted by atomic mass is 35.5. The normalized spacial score (nSPS) is 9.40. The first-order chi connectivity index (χ1) is 9.71. The third kappa shape index (κ3) is 2.51. The predicted octanol–water partition coefficient (Wildman–Crippen LogP) is 3.84. The molecule has 20 heavy (non-hydrogen) atoms. The number of nitrogens with one attached hydrogen (secondary N) is 1. The lowest BCUT2D eigenvalue weighted by atomic mass is 10.1. The first-order valence-electron chi connectivity index (χ1n) is 5.74. The molecule has 2 aromatic rings. The van der Waals surface area contributed by atoms with Gasteiger partial charge in [0, 0.05) is 0 Å². The summed E-state index contributed by atoms with van der Waals surface area (Å²) < 4.78 is 5.23. The number of nitriles is 2. The molecule has 0 atom stereocenters. The van der Waals surface area contributed by atoms with Crippen molar-refractivity contribution in [3.63, 3.8) is 0 Å². The smallest absolute Gasteiger partial charge is 0.143 e. The quantitative estimate of drug-likeness (QED) is 0.929. The fourth-order valence-electron chi connectivity index (χ4n) is 1.80. The number of benzene rings is 2. The van der Waals surface area contributed by atoms with Crippen molar-refractivity contribution in [2.75, 3.05) is 12.4 Å². The molecule has 0 saturated heterocycles. The van der Waals surface area contributed by atoms with Gasteiger partial charge in [0.25, 0.3) is 0 Å². The van der Waals surface area contributed by atoms with Gasteiger partial charge in [-0.15, -0.1) is 0 Å². The molecule has 0 bridgehead atoms. The number of halogens is 1. The monoisotopic (exact) mass is 283 g/mol. The third-order valence-corrected chi connectivity index (χ3v) is 3.07. The Kier molecular flexibility index (Phi) is 4.10. The van der Waals surface area contributed by atoms with E-state index in [0.29, 0.717) is 33.3 Å². The maximum atomic E-state index is 9.16. The van der Waals surface area contributed by atoms with Gasteiger partial charge in [0.2, 0.25) is 0 Å². The Bertz CT molecular complexity index is 729. The Balaban J connectivity index is 2.54. The fourth-order valence-corrected chi connectivity index (χ4v) is 2.02. The highest BCUT2D eigenvalue weighted by Gasteiger charge is 2.12. The van der Waals surface area contributed by atoms with E-state index in [4.69, 9.17) is 26.9 Å². The van der Waals surface area contributed by atoms with Gasteiger partial charge in [0.15, 0.2) is 0 Å². The number of hydrogen-bond acceptors (Lipinski definition) is 4. The Labute approximate surface area is 121 Å². The molecule has 2 rings (SSSR count). The van der Waals surface area contributed by atoms with Gasteiger partial charge in [-0.25, -0.2) is 0 Å². The van der Waals surface area contributed by atoms with Crippen molar-refractivity contribution in [1.82, 2.24) is 0 Å². The summed E-state index contributed by atoms with van der Waals surface area (Å²) in [7, 11) is 1.52. The van der Waals surface area contributed by atoms with E-state index >= 15 is 0 Å². The molecule has 0 radical (unpaired) electrons. The minimum Gasteiger partial charge on any atom is -0.495 e. The van der Waals surface area contributed by atoms with Crippen LogP contribution < -0.4 is 10.1 Å². The molecule has 0 fully saturated rings. The first-order valence-corrected chi connectivity index (χ1v) is 6.11. The van der Waals surface area contributed by atoms with E-state index in [1.807, 2.05) is 6.07 Å². The van der Waals surface area contributed by atoms with Crippen LogP contribution >= 0.6 is 11.6 Å². The van der Waals surface area contributed by atoms with E-state index in [0.717, 1.165) is 0 Å². The van der Waals surface area contributed by atoms with Gasteiger partial charge in [0.05, 0.1) is 34.6 Å². The lowest BCUT2D eigenvalue weighted by Gasteiger charge is -2.14. The molecule has 0 aliphatic heterocycles. The SMILES string of the molecule is COc1cccc(C#N)c1Nc1cccc(Cl)c1C#N. The van der Waals surface area contributed by atoms with Crippen LogP contribution in [0.5, 0.6) is 5.75 Å². The van der Waals surface area contributed by atoms with Gasteiger partial charge in [-0.2, -0.15) is 10.5 Å². The Morgan fingerprint density at radius 2 is 1.85 bits per heavy atom. The summed E-state index contributed by atoms with van der Waals surface area (Å²) in [6, 6.07) is 14.3.